The van der Waals surface area contributed by atoms with Gasteiger partial charge in [-0.1, -0.05) is 128 Å². The highest BCUT2D eigenvalue weighted by molar-refractivity contribution is 7.80. The summed E-state index contributed by atoms with van der Waals surface area (Å²) in [6, 6.07) is 0. The van der Waals surface area contributed by atoms with Crippen LogP contribution in [0.15, 0.2) is 45.4 Å². The average Bonchev–Trinajstić information content (AvgIpc) is 3.08. The number of hydrogen-bond acceptors (Lipinski definition) is 4. The fraction of sp³-hybridized carbons (Fsp3) is 0.800. The normalized spacial score (nSPS) is 32.1. The van der Waals surface area contributed by atoms with Crippen molar-refractivity contribution in [3.8, 4) is 0 Å². The van der Waals surface area contributed by atoms with Gasteiger partial charge in [-0.25, -0.2) is 0 Å². The van der Waals surface area contributed by atoms with Gasteiger partial charge in [0.25, 0.3) is 0 Å². The van der Waals surface area contributed by atoms with Crippen molar-refractivity contribution in [3.63, 3.8) is 0 Å². The van der Waals surface area contributed by atoms with Crippen molar-refractivity contribution in [2.45, 2.75) is 192 Å². The third kappa shape index (κ3) is 13.7. The lowest BCUT2D eigenvalue weighted by Crippen LogP contribution is -2.51. The molecule has 0 saturated heterocycles. The molecule has 0 heterocycles. The third-order valence-corrected chi connectivity index (χ3v) is 16.0. The van der Waals surface area contributed by atoms with Crippen molar-refractivity contribution in [1.29, 1.82) is 0 Å². The molecule has 0 aromatic heterocycles. The Hall–Kier alpha value is -1.66. The molecule has 0 aliphatic heterocycles. The van der Waals surface area contributed by atoms with Gasteiger partial charge < -0.3 is 11.5 Å². The molecule has 56 heavy (non-hydrogen) atoms. The fourth-order valence-corrected chi connectivity index (χ4v) is 12.8. The Kier molecular flexibility index (Phi) is 18.7. The molecule has 0 spiro atoms. The summed E-state index contributed by atoms with van der Waals surface area (Å²) in [5.41, 5.74) is 19.9. The summed E-state index contributed by atoms with van der Waals surface area (Å²) in [6.45, 7) is 32.1. The number of aliphatic imine (C=N–C) groups is 2. The smallest absolute Gasteiger partial charge is 0.0945 e. The van der Waals surface area contributed by atoms with Gasteiger partial charge in [0.05, 0.1) is 23.1 Å². The highest BCUT2D eigenvalue weighted by Crippen LogP contribution is 2.63. The molecule has 0 radical (unpaired) electrons. The predicted molar refractivity (Wildman–Crippen MR) is 256 cm³/mol. The van der Waals surface area contributed by atoms with Gasteiger partial charge in [-0.3, -0.25) is 9.98 Å². The van der Waals surface area contributed by atoms with Crippen LogP contribution in [-0.2, 0) is 0 Å². The Balaban J connectivity index is 0.000000300. The van der Waals surface area contributed by atoms with Crippen LogP contribution >= 0.6 is 24.4 Å². The number of allylic oxidation sites excluding steroid dienone is 5. The maximum absolute atomic E-state index is 5.53. The molecule has 4 aliphatic carbocycles. The molecular formula is C50H86N4S2. The van der Waals surface area contributed by atoms with Crippen LogP contribution in [0.3, 0.4) is 0 Å². The highest BCUT2D eigenvalue weighted by Gasteiger charge is 2.54. The minimum atomic E-state index is 0.446. The number of thiocarbonyl (C=S) groups is 2. The van der Waals surface area contributed by atoms with Crippen molar-refractivity contribution in [2.24, 2.45) is 72.7 Å². The Morgan fingerprint density at radius 1 is 0.679 bits per heavy atom. The number of rotatable bonds is 16. The van der Waals surface area contributed by atoms with Gasteiger partial charge in [0.15, 0.2) is 0 Å². The summed E-state index contributed by atoms with van der Waals surface area (Å²) in [6.07, 6.45) is 27.9. The summed E-state index contributed by atoms with van der Waals surface area (Å²) < 4.78 is 0. The minimum Gasteiger partial charge on any atom is -0.392 e. The van der Waals surface area contributed by atoms with E-state index in [0.717, 1.165) is 60.8 Å². The van der Waals surface area contributed by atoms with Crippen LogP contribution in [-0.4, -0.2) is 34.5 Å². The van der Waals surface area contributed by atoms with E-state index < -0.39 is 0 Å². The highest BCUT2D eigenvalue weighted by atomic mass is 32.1. The van der Waals surface area contributed by atoms with E-state index in [9.17, 15) is 0 Å². The van der Waals surface area contributed by atoms with E-state index in [1.807, 2.05) is 0 Å². The van der Waals surface area contributed by atoms with Gasteiger partial charge in [-0.2, -0.15) is 0 Å². The van der Waals surface area contributed by atoms with E-state index in [1.54, 1.807) is 5.57 Å². The van der Waals surface area contributed by atoms with Gasteiger partial charge in [0.1, 0.15) is 0 Å². The summed E-state index contributed by atoms with van der Waals surface area (Å²) in [4.78, 5) is 9.81. The Morgan fingerprint density at radius 3 is 1.64 bits per heavy atom. The van der Waals surface area contributed by atoms with E-state index in [0.29, 0.717) is 50.6 Å². The third-order valence-electron chi connectivity index (χ3n) is 15.7. The van der Waals surface area contributed by atoms with Crippen molar-refractivity contribution in [2.75, 3.05) is 13.1 Å². The molecule has 4 N–H and O–H groups in total. The second-order valence-corrected chi connectivity index (χ2v) is 22.1. The van der Waals surface area contributed by atoms with Crippen LogP contribution in [0.5, 0.6) is 0 Å². The van der Waals surface area contributed by atoms with E-state index in [1.165, 1.54) is 101 Å². The fourth-order valence-electron chi connectivity index (χ4n) is 12.6. The molecule has 0 aromatic rings. The lowest BCUT2D eigenvalue weighted by Gasteiger charge is -2.59. The first-order valence-corrected chi connectivity index (χ1v) is 23.5. The molecule has 0 aromatic carbocycles. The molecule has 4 fully saturated rings. The standard InChI is InChI=1S/C25H44N2S.C25H42N2S/c2*1-18(9-7-10-20(3)27-17-23(26)28)11-13-21-19(2)12-14-22-24(4,5)15-8-16-25(21,22)6/h9,19,21-22H,7-8,10-17H2,1-6H3,(H2,26,28);9,21-22H,2,7-8,10-17H2,1,3-6H3,(H2,26,28)/b2*18-9-,27-20?. The van der Waals surface area contributed by atoms with Gasteiger partial charge in [0, 0.05) is 11.4 Å². The number of nitrogens with zero attached hydrogens (tertiary/aromatic N) is 2. The molecule has 4 aliphatic rings. The Bertz CT molecular complexity index is 1460. The van der Waals surface area contributed by atoms with E-state index in [-0.39, 0.29) is 0 Å². The summed E-state index contributed by atoms with van der Waals surface area (Å²) >= 11 is 9.79. The van der Waals surface area contributed by atoms with Crippen LogP contribution < -0.4 is 11.5 Å². The second-order valence-electron chi connectivity index (χ2n) is 21.0. The van der Waals surface area contributed by atoms with E-state index in [4.69, 9.17) is 35.9 Å². The maximum atomic E-state index is 5.53. The Labute approximate surface area is 357 Å². The van der Waals surface area contributed by atoms with Gasteiger partial charge in [0.2, 0.25) is 0 Å². The number of fused-ring (bicyclic) bond motifs is 2. The van der Waals surface area contributed by atoms with Crippen LogP contribution in [0.1, 0.15) is 192 Å². The maximum Gasteiger partial charge on any atom is 0.0945 e. The molecule has 4 saturated carbocycles. The first-order chi connectivity index (χ1) is 26.1. The molecule has 7 atom stereocenters. The summed E-state index contributed by atoms with van der Waals surface area (Å²) in [5, 5.41) is 0. The molecule has 7 unspecified atom stereocenters. The van der Waals surface area contributed by atoms with Crippen LogP contribution in [0.25, 0.3) is 0 Å². The topological polar surface area (TPSA) is 76.8 Å². The summed E-state index contributed by atoms with van der Waals surface area (Å²) in [7, 11) is 0. The molecule has 6 heteroatoms. The van der Waals surface area contributed by atoms with E-state index >= 15 is 0 Å². The van der Waals surface area contributed by atoms with Crippen molar-refractivity contribution >= 4 is 45.8 Å². The molecule has 318 valence electrons. The first kappa shape index (κ1) is 48.7. The number of hydrogen-bond donors (Lipinski definition) is 2. The second kappa shape index (κ2) is 21.6. The van der Waals surface area contributed by atoms with Crippen LogP contribution in [0.2, 0.25) is 0 Å². The van der Waals surface area contributed by atoms with Crippen molar-refractivity contribution in [1.82, 2.24) is 0 Å². The van der Waals surface area contributed by atoms with E-state index in [2.05, 4.69) is 105 Å². The molecule has 4 nitrogen and oxygen atoms in total. The van der Waals surface area contributed by atoms with Crippen molar-refractivity contribution < 1.29 is 0 Å². The van der Waals surface area contributed by atoms with Crippen LogP contribution in [0, 0.1) is 51.2 Å². The molecule has 0 bridgehead atoms. The zero-order valence-corrected chi connectivity index (χ0v) is 39.9. The lowest BCUT2D eigenvalue weighted by molar-refractivity contribution is -0.0957. The minimum absolute atomic E-state index is 0.446. The molecular weight excluding hydrogens is 721 g/mol. The lowest BCUT2D eigenvalue weighted by atomic mass is 9.46. The van der Waals surface area contributed by atoms with Gasteiger partial charge >= 0.3 is 0 Å². The monoisotopic (exact) mass is 807 g/mol. The molecule has 4 rings (SSSR count). The largest absolute Gasteiger partial charge is 0.392 e. The summed E-state index contributed by atoms with van der Waals surface area (Å²) in [5.74, 6) is 4.19. The number of nitrogens with two attached hydrogens (primary N) is 2. The molecule has 0 amide bonds. The predicted octanol–water partition coefficient (Wildman–Crippen LogP) is 14.2. The zero-order valence-electron chi connectivity index (χ0n) is 38.3. The van der Waals surface area contributed by atoms with Crippen LogP contribution in [0.4, 0.5) is 0 Å². The SMILES string of the molecule is C=C1CCC2C(C)(C)CCCC2(C)C1CC/C(C)=C\CCC(C)=NCC(N)=S.CC(CC/C=C(/C)CCC1C(C)CCC2C(C)(C)CCCC12C)=NCC(N)=S. The van der Waals surface area contributed by atoms with Gasteiger partial charge in [-0.05, 0) is 175 Å². The first-order valence-electron chi connectivity index (χ1n) is 22.7. The zero-order chi connectivity index (χ0) is 41.9. The Morgan fingerprint density at radius 2 is 1.14 bits per heavy atom. The average molecular weight is 807 g/mol. The van der Waals surface area contributed by atoms with Gasteiger partial charge in [-0.15, -0.1) is 0 Å². The van der Waals surface area contributed by atoms with Crippen molar-refractivity contribution in [3.05, 3.63) is 35.5 Å². The quantitative estimate of drug-likeness (QED) is 0.0925.